The second-order valence-electron chi connectivity index (χ2n) is 5.03. The third kappa shape index (κ3) is 5.82. The zero-order valence-electron chi connectivity index (χ0n) is 13.6. The van der Waals surface area contributed by atoms with Crippen LogP contribution in [0.4, 0.5) is 0 Å². The Morgan fingerprint density at radius 2 is 2.21 bits per heavy atom. The number of aromatic amines is 1. The van der Waals surface area contributed by atoms with Gasteiger partial charge in [-0.05, 0) is 18.9 Å². The number of esters is 1. The Hall–Kier alpha value is -2.12. The van der Waals surface area contributed by atoms with Gasteiger partial charge in [-0.15, -0.1) is 6.58 Å². The van der Waals surface area contributed by atoms with Crippen molar-refractivity contribution in [3.63, 3.8) is 0 Å². The fourth-order valence-electron chi connectivity index (χ4n) is 1.92. The summed E-state index contributed by atoms with van der Waals surface area (Å²) in [5.41, 5.74) is 0.927. The molecule has 1 heterocycles. The van der Waals surface area contributed by atoms with Gasteiger partial charge in [0.1, 0.15) is 12.4 Å². The van der Waals surface area contributed by atoms with Crippen LogP contribution in [0.5, 0.6) is 0 Å². The van der Waals surface area contributed by atoms with Crippen molar-refractivity contribution in [2.24, 2.45) is 0 Å². The van der Waals surface area contributed by atoms with Gasteiger partial charge in [0, 0.05) is 5.75 Å². The molecule has 24 heavy (non-hydrogen) atoms. The number of ether oxygens (including phenoxy) is 2. The minimum atomic E-state index is -0.619. The fraction of sp³-hybridized carbons (Fsp3) is 0.353. The van der Waals surface area contributed by atoms with E-state index in [-0.39, 0.29) is 12.1 Å². The highest BCUT2D eigenvalue weighted by molar-refractivity contribution is 7.99. The van der Waals surface area contributed by atoms with Crippen molar-refractivity contribution in [3.8, 4) is 0 Å². The van der Waals surface area contributed by atoms with Gasteiger partial charge < -0.3 is 9.47 Å². The molecule has 2 atom stereocenters. The minimum absolute atomic E-state index is 0.383. The number of thioether (sulfide) groups is 1. The number of aromatic nitrogens is 3. The van der Waals surface area contributed by atoms with Crippen LogP contribution >= 0.6 is 11.8 Å². The second kappa shape index (κ2) is 9.89. The summed E-state index contributed by atoms with van der Waals surface area (Å²) in [6.07, 6.45) is 2.88. The zero-order chi connectivity index (χ0) is 17.2. The molecule has 0 spiro atoms. The van der Waals surface area contributed by atoms with Gasteiger partial charge in [0.25, 0.3) is 0 Å². The van der Waals surface area contributed by atoms with E-state index in [1.165, 1.54) is 18.1 Å². The van der Waals surface area contributed by atoms with Crippen molar-refractivity contribution in [2.75, 3.05) is 12.4 Å². The van der Waals surface area contributed by atoms with Gasteiger partial charge in [-0.2, -0.15) is 5.10 Å². The number of benzene rings is 1. The monoisotopic (exact) mass is 347 g/mol. The Bertz CT molecular complexity index is 619. The molecule has 7 heteroatoms. The lowest BCUT2D eigenvalue weighted by Gasteiger charge is -2.20. The van der Waals surface area contributed by atoms with E-state index in [0.29, 0.717) is 23.9 Å². The van der Waals surface area contributed by atoms with Crippen LogP contribution in [0.1, 0.15) is 25.0 Å². The van der Waals surface area contributed by atoms with Gasteiger partial charge in [0.15, 0.2) is 11.3 Å². The van der Waals surface area contributed by atoms with E-state index in [1.54, 1.807) is 13.0 Å². The average molecular weight is 347 g/mol. The van der Waals surface area contributed by atoms with Gasteiger partial charge in [0.2, 0.25) is 0 Å². The van der Waals surface area contributed by atoms with E-state index in [2.05, 4.69) is 21.8 Å². The molecule has 0 saturated heterocycles. The number of hydrogen-bond donors (Lipinski definition) is 1. The summed E-state index contributed by atoms with van der Waals surface area (Å²) >= 11 is 1.44. The SMILES string of the molecule is C=CCCO[C@@H](C)C(=O)O[C@@H](CSc1ncn[nH]1)c1ccccc1. The van der Waals surface area contributed by atoms with Crippen molar-refractivity contribution < 1.29 is 14.3 Å². The third-order valence-electron chi connectivity index (χ3n) is 3.22. The molecule has 0 aliphatic heterocycles. The Morgan fingerprint density at radius 1 is 1.42 bits per heavy atom. The lowest BCUT2D eigenvalue weighted by Crippen LogP contribution is -2.26. The molecule has 0 aliphatic carbocycles. The van der Waals surface area contributed by atoms with Crippen molar-refractivity contribution in [3.05, 3.63) is 54.9 Å². The number of nitrogens with one attached hydrogen (secondary N) is 1. The normalized spacial score (nSPS) is 13.2. The summed E-state index contributed by atoms with van der Waals surface area (Å²) in [6.45, 7) is 5.76. The van der Waals surface area contributed by atoms with Crippen molar-refractivity contribution in [2.45, 2.75) is 30.7 Å². The Labute approximate surface area is 145 Å². The minimum Gasteiger partial charge on any atom is -0.455 e. The Morgan fingerprint density at radius 3 is 2.88 bits per heavy atom. The average Bonchev–Trinajstić information content (AvgIpc) is 3.12. The van der Waals surface area contributed by atoms with Gasteiger partial charge >= 0.3 is 5.97 Å². The first kappa shape index (κ1) is 18.2. The first-order valence-electron chi connectivity index (χ1n) is 7.66. The number of H-pyrrole nitrogens is 1. The molecule has 6 nitrogen and oxygen atoms in total. The van der Waals surface area contributed by atoms with E-state index in [4.69, 9.17) is 9.47 Å². The van der Waals surface area contributed by atoms with E-state index in [9.17, 15) is 4.79 Å². The van der Waals surface area contributed by atoms with Crippen LogP contribution in [0.2, 0.25) is 0 Å². The predicted molar refractivity (Wildman–Crippen MR) is 92.6 cm³/mol. The lowest BCUT2D eigenvalue weighted by molar-refractivity contribution is -0.160. The highest BCUT2D eigenvalue weighted by Gasteiger charge is 2.22. The topological polar surface area (TPSA) is 77.1 Å². The highest BCUT2D eigenvalue weighted by Crippen LogP contribution is 2.25. The van der Waals surface area contributed by atoms with Crippen molar-refractivity contribution in [1.82, 2.24) is 15.2 Å². The van der Waals surface area contributed by atoms with Crippen LogP contribution in [0, 0.1) is 0 Å². The van der Waals surface area contributed by atoms with Crippen LogP contribution in [-0.2, 0) is 14.3 Å². The molecule has 1 N–H and O–H groups in total. The molecule has 0 amide bonds. The number of carbonyl (C=O) groups is 1. The first-order valence-corrected chi connectivity index (χ1v) is 8.65. The number of rotatable bonds is 10. The molecule has 1 aromatic carbocycles. The molecule has 2 aromatic rings. The molecule has 0 fully saturated rings. The largest absolute Gasteiger partial charge is 0.455 e. The van der Waals surface area contributed by atoms with E-state index in [0.717, 1.165) is 5.56 Å². The number of hydrogen-bond acceptors (Lipinski definition) is 6. The molecular weight excluding hydrogens is 326 g/mol. The van der Waals surface area contributed by atoms with Crippen LogP contribution in [0.25, 0.3) is 0 Å². The number of nitrogens with zero attached hydrogens (tertiary/aromatic N) is 2. The Kier molecular flexibility index (Phi) is 7.51. The van der Waals surface area contributed by atoms with Crippen LogP contribution in [-0.4, -0.2) is 39.6 Å². The summed E-state index contributed by atoms with van der Waals surface area (Å²) in [5, 5.41) is 7.28. The molecule has 128 valence electrons. The third-order valence-corrected chi connectivity index (χ3v) is 4.16. The summed E-state index contributed by atoms with van der Waals surface area (Å²) in [4.78, 5) is 16.3. The van der Waals surface area contributed by atoms with E-state index in [1.807, 2.05) is 30.3 Å². The molecule has 0 saturated carbocycles. The zero-order valence-corrected chi connectivity index (χ0v) is 14.4. The highest BCUT2D eigenvalue weighted by atomic mass is 32.2. The fourth-order valence-corrected chi connectivity index (χ4v) is 2.73. The van der Waals surface area contributed by atoms with Gasteiger partial charge in [-0.1, -0.05) is 48.2 Å². The summed E-state index contributed by atoms with van der Waals surface area (Å²) in [5.74, 6) is 0.149. The lowest BCUT2D eigenvalue weighted by atomic mass is 10.1. The van der Waals surface area contributed by atoms with Crippen molar-refractivity contribution in [1.29, 1.82) is 0 Å². The van der Waals surface area contributed by atoms with Gasteiger partial charge in [-0.25, -0.2) is 9.78 Å². The van der Waals surface area contributed by atoms with Gasteiger partial charge in [0.05, 0.1) is 6.61 Å². The molecule has 0 unspecified atom stereocenters. The van der Waals surface area contributed by atoms with Crippen LogP contribution < -0.4 is 0 Å². The second-order valence-corrected chi connectivity index (χ2v) is 6.04. The Balaban J connectivity index is 1.97. The predicted octanol–water partition coefficient (Wildman–Crippen LogP) is 3.16. The van der Waals surface area contributed by atoms with Crippen LogP contribution in [0.3, 0.4) is 0 Å². The first-order chi connectivity index (χ1) is 11.7. The summed E-state index contributed by atoms with van der Waals surface area (Å²) in [7, 11) is 0. The molecule has 0 aliphatic rings. The maximum Gasteiger partial charge on any atom is 0.335 e. The maximum absolute atomic E-state index is 12.3. The van der Waals surface area contributed by atoms with Crippen LogP contribution in [0.15, 0.2) is 54.5 Å². The molecular formula is C17H21N3O3S. The molecule has 1 aromatic heterocycles. The molecule has 0 radical (unpaired) electrons. The smallest absolute Gasteiger partial charge is 0.335 e. The molecule has 0 bridgehead atoms. The van der Waals surface area contributed by atoms with Gasteiger partial charge in [-0.3, -0.25) is 5.10 Å². The maximum atomic E-state index is 12.3. The van der Waals surface area contributed by atoms with E-state index < -0.39 is 6.10 Å². The van der Waals surface area contributed by atoms with E-state index >= 15 is 0 Å². The molecule has 2 rings (SSSR count). The van der Waals surface area contributed by atoms with Crippen molar-refractivity contribution >= 4 is 17.7 Å². The quantitative estimate of drug-likeness (QED) is 0.308. The standard InChI is InChI=1S/C17H21N3O3S/c1-3-4-10-22-13(2)16(21)23-15(14-8-6-5-7-9-14)11-24-17-18-12-19-20-17/h3,5-9,12-13,15H,1,4,10-11H2,2H3,(H,18,19,20)/t13-,15-/m0/s1. The summed E-state index contributed by atoms with van der Waals surface area (Å²) < 4.78 is 11.1. The number of carbonyl (C=O) groups excluding carboxylic acids is 1. The summed E-state index contributed by atoms with van der Waals surface area (Å²) in [6, 6.07) is 9.62.